The molecule has 10 aromatic carbocycles. The Morgan fingerprint density at radius 3 is 1.10 bits per heavy atom. The monoisotopic (exact) mass is 1640 g/mol. The van der Waals surface area contributed by atoms with Gasteiger partial charge in [0.1, 0.15) is 11.3 Å². The van der Waals surface area contributed by atoms with Crippen molar-refractivity contribution in [3.63, 3.8) is 0 Å². The van der Waals surface area contributed by atoms with E-state index in [9.17, 15) is 39.6 Å². The van der Waals surface area contributed by atoms with Gasteiger partial charge in [-0.15, -0.1) is 11.3 Å². The van der Waals surface area contributed by atoms with Gasteiger partial charge in [0, 0.05) is 53.3 Å². The number of amides is 3. The summed E-state index contributed by atoms with van der Waals surface area (Å²) in [5.41, 5.74) is 20.0. The Balaban J connectivity index is 0.644. The SMILES string of the molecule is CC(C)c1cc(-c2cccc(-c3ccccc3)c2)cc(C(C)C)c1CC(=O)NS(=O)(=O)c1ccc(CN(C)Cc2cc3cc(-c4cc(C(C)C)c(CC(=O)NS(=O)(=O)c5ccc(CN(C)Cc6ccc7cc(-c8cc(C(C)C)c(CC(=O)NS(=O)(=O)c9ccc(CN(C)C)cc9)c(C(C)C)c8)oc7c6)cc5)c(C(C)C)c4)ccc3s2)cc1. The molecule has 0 fully saturated rings. The summed E-state index contributed by atoms with van der Waals surface area (Å²) in [6.07, 6.45) is -0.320. The minimum atomic E-state index is -4.24. The normalized spacial score (nSPS) is 12.4. The topological polar surface area (TPSA) is 213 Å². The summed E-state index contributed by atoms with van der Waals surface area (Å²) >= 11 is 1.72. The molecule has 0 radical (unpaired) electrons. The molecule has 117 heavy (non-hydrogen) atoms. The molecule has 16 nitrogen and oxygen atoms in total. The molecule has 12 aromatic rings. The van der Waals surface area contributed by atoms with Gasteiger partial charge < -0.3 is 9.32 Å². The molecule has 0 aliphatic carbocycles. The quantitative estimate of drug-likeness (QED) is 0.0358. The molecular formula is C97H108N6O10S4. The van der Waals surface area contributed by atoms with E-state index in [1.54, 1.807) is 59.9 Å². The molecule has 0 aliphatic rings. The van der Waals surface area contributed by atoms with Crippen LogP contribution in [0.4, 0.5) is 0 Å². The van der Waals surface area contributed by atoms with Gasteiger partial charge in [-0.3, -0.25) is 24.2 Å². The Hall–Kier alpha value is -10.2. The van der Waals surface area contributed by atoms with Crippen LogP contribution in [0.15, 0.2) is 231 Å². The average Bonchev–Trinajstić information content (AvgIpc) is 1.75. The first kappa shape index (κ1) is 86.2. The van der Waals surface area contributed by atoms with Gasteiger partial charge in [-0.25, -0.2) is 39.4 Å². The summed E-state index contributed by atoms with van der Waals surface area (Å²) in [6.45, 7) is 27.9. The number of thiophene rings is 1. The third kappa shape index (κ3) is 21.1. The summed E-state index contributed by atoms with van der Waals surface area (Å²) in [4.78, 5) is 49.0. The molecule has 0 bridgehead atoms. The van der Waals surface area contributed by atoms with E-state index >= 15 is 0 Å². The van der Waals surface area contributed by atoms with Crippen molar-refractivity contribution in [1.29, 1.82) is 0 Å². The number of carbonyl (C=O) groups excluding carboxylic acids is 3. The number of sulfonamides is 3. The van der Waals surface area contributed by atoms with Crippen LogP contribution in [0.2, 0.25) is 0 Å². The molecule has 0 atom stereocenters. The maximum absolute atomic E-state index is 14.1. The molecule has 0 spiro atoms. The summed E-state index contributed by atoms with van der Waals surface area (Å²) in [5, 5.41) is 2.01. The third-order valence-electron chi connectivity index (χ3n) is 21.5. The predicted molar refractivity (Wildman–Crippen MR) is 475 cm³/mol. The highest BCUT2D eigenvalue weighted by molar-refractivity contribution is 7.90. The van der Waals surface area contributed by atoms with Crippen molar-refractivity contribution in [2.45, 2.75) is 185 Å². The zero-order valence-corrected chi connectivity index (χ0v) is 73.2. The number of hydrogen-bond acceptors (Lipinski definition) is 14. The molecule has 2 aromatic heterocycles. The molecule has 0 unspecified atom stereocenters. The van der Waals surface area contributed by atoms with Crippen LogP contribution in [-0.2, 0) is 96.4 Å². The van der Waals surface area contributed by atoms with Crippen LogP contribution in [0.1, 0.15) is 196 Å². The standard InChI is InChI=1S/C97H108N6O10S4/c1-60(2)83-45-75(72-24-20-23-71(42-72)70-21-18-17-19-22-70)46-84(61(3)4)89(83)52-95(104)98-117(111,112)82-38-30-68(31-39-82)57-103(16)59-79-44-78-43-73(33-40-94(78)114-79)76-47-85(62(5)6)90(86(48-76)63(7)8)53-96(105)99-116(109,110)81-36-28-67(29-37-81)56-102(15)58-69-25-32-74-51-93(113-92(74)41-69)77-49-87(64(9)10)91(88(50-77)65(11)12)54-97(106)100-115(107,108)80-34-26-66(27-35-80)55-101(13)14/h17-51,60-65H,52-59H2,1-16H3,(H,98,104)(H,99,105)(H,100,106). The van der Waals surface area contributed by atoms with Crippen molar-refractivity contribution in [2.24, 2.45) is 0 Å². The van der Waals surface area contributed by atoms with Crippen LogP contribution in [0.25, 0.3) is 65.8 Å². The van der Waals surface area contributed by atoms with Gasteiger partial charge in [0.15, 0.2) is 0 Å². The molecule has 3 amide bonds. The zero-order valence-electron chi connectivity index (χ0n) is 69.9. The number of carbonyl (C=O) groups is 3. The average molecular weight is 1650 g/mol. The lowest BCUT2D eigenvalue weighted by molar-refractivity contribution is -0.119. The Morgan fingerprint density at radius 2 is 0.692 bits per heavy atom. The number of rotatable bonds is 32. The van der Waals surface area contributed by atoms with Crippen molar-refractivity contribution >= 4 is 80.2 Å². The Labute approximate surface area is 695 Å². The van der Waals surface area contributed by atoms with Gasteiger partial charge in [0.2, 0.25) is 17.7 Å². The van der Waals surface area contributed by atoms with E-state index in [-0.39, 0.29) is 69.5 Å². The number of nitrogens with one attached hydrogen (secondary N) is 3. The lowest BCUT2D eigenvalue weighted by Gasteiger charge is -2.22. The number of furan rings is 1. The second-order valence-corrected chi connectivity index (χ2v) is 39.6. The van der Waals surface area contributed by atoms with Gasteiger partial charge in [0.05, 0.1) is 33.9 Å². The fourth-order valence-electron chi connectivity index (χ4n) is 15.7. The predicted octanol–water partition coefficient (Wildman–Crippen LogP) is 20.5. The highest BCUT2D eigenvalue weighted by Gasteiger charge is 2.29. The van der Waals surface area contributed by atoms with Crippen LogP contribution < -0.4 is 14.2 Å². The largest absolute Gasteiger partial charge is 0.456 e. The Kier molecular flexibility index (Phi) is 26.8. The van der Waals surface area contributed by atoms with Crippen LogP contribution in [0.3, 0.4) is 0 Å². The first-order chi connectivity index (χ1) is 55.4. The molecule has 20 heteroatoms. The second-order valence-electron chi connectivity index (χ2n) is 33.4. The lowest BCUT2D eigenvalue weighted by Crippen LogP contribution is -2.32. The van der Waals surface area contributed by atoms with E-state index < -0.39 is 47.8 Å². The van der Waals surface area contributed by atoms with E-state index in [1.807, 2.05) is 81.6 Å². The second kappa shape index (κ2) is 36.4. The molecule has 12 rings (SSSR count). The highest BCUT2D eigenvalue weighted by Crippen LogP contribution is 2.41. The van der Waals surface area contributed by atoms with Gasteiger partial charge in [0.25, 0.3) is 30.1 Å². The van der Waals surface area contributed by atoms with E-state index in [1.165, 1.54) is 24.3 Å². The number of nitrogens with zero attached hydrogens (tertiary/aromatic N) is 3. The molecule has 0 saturated heterocycles. The summed E-state index contributed by atoms with van der Waals surface area (Å²) < 4.78 is 97.2. The van der Waals surface area contributed by atoms with Crippen LogP contribution in [0.5, 0.6) is 0 Å². The van der Waals surface area contributed by atoms with Crippen molar-refractivity contribution < 1.29 is 44.1 Å². The van der Waals surface area contributed by atoms with Crippen molar-refractivity contribution in [2.75, 3.05) is 28.2 Å². The third-order valence-corrected chi connectivity index (χ3v) is 26.8. The van der Waals surface area contributed by atoms with Crippen molar-refractivity contribution in [1.82, 2.24) is 28.9 Å². The number of fused-ring (bicyclic) bond motifs is 2. The maximum atomic E-state index is 14.1. The fraction of sp³-hybridized carbons (Fsp3) is 0.309. The van der Waals surface area contributed by atoms with E-state index in [0.717, 1.165) is 132 Å². The summed E-state index contributed by atoms with van der Waals surface area (Å²) in [5.74, 6) is -0.962. The Morgan fingerprint density at radius 1 is 0.333 bits per heavy atom. The molecule has 610 valence electrons. The van der Waals surface area contributed by atoms with Crippen molar-refractivity contribution in [3.05, 3.63) is 290 Å². The maximum Gasteiger partial charge on any atom is 0.264 e. The van der Waals surface area contributed by atoms with Crippen LogP contribution in [-0.4, -0.2) is 85.9 Å². The molecule has 0 aliphatic heterocycles. The van der Waals surface area contributed by atoms with Gasteiger partial charge in [-0.05, 0) is 260 Å². The van der Waals surface area contributed by atoms with E-state index in [2.05, 4.69) is 198 Å². The minimum absolute atomic E-state index is 0.00935. The Bertz CT molecular complexity index is 5920. The van der Waals surface area contributed by atoms with E-state index in [0.29, 0.717) is 44.1 Å². The minimum Gasteiger partial charge on any atom is -0.456 e. The summed E-state index contributed by atoms with van der Waals surface area (Å²) in [7, 11) is -4.64. The number of benzene rings is 10. The van der Waals surface area contributed by atoms with Crippen LogP contribution in [0, 0.1) is 0 Å². The first-order valence-corrected chi connectivity index (χ1v) is 45.4. The van der Waals surface area contributed by atoms with E-state index in [4.69, 9.17) is 4.42 Å². The van der Waals surface area contributed by atoms with Gasteiger partial charge >= 0.3 is 0 Å². The van der Waals surface area contributed by atoms with Crippen LogP contribution >= 0.6 is 11.3 Å². The highest BCUT2D eigenvalue weighted by atomic mass is 32.2. The number of hydrogen-bond donors (Lipinski definition) is 3. The van der Waals surface area contributed by atoms with Gasteiger partial charge in [-0.2, -0.15) is 0 Å². The smallest absolute Gasteiger partial charge is 0.264 e. The summed E-state index contributed by atoms with van der Waals surface area (Å²) in [6, 6.07) is 68.0. The fourth-order valence-corrected chi connectivity index (χ4v) is 19.8. The first-order valence-electron chi connectivity index (χ1n) is 40.1. The molecule has 0 saturated carbocycles. The lowest BCUT2D eigenvalue weighted by atomic mass is 9.83. The van der Waals surface area contributed by atoms with Crippen molar-refractivity contribution in [3.8, 4) is 44.7 Å². The zero-order chi connectivity index (χ0) is 84.1. The van der Waals surface area contributed by atoms with Gasteiger partial charge in [-0.1, -0.05) is 210 Å². The molecular weight excluding hydrogens is 1540 g/mol. The molecule has 2 heterocycles. The molecule has 3 N–H and O–H groups in total.